The third-order valence-corrected chi connectivity index (χ3v) is 6.68. The first kappa shape index (κ1) is 18.6. The minimum atomic E-state index is 0.0681. The van der Waals surface area contributed by atoms with E-state index < -0.39 is 0 Å². The highest BCUT2D eigenvalue weighted by atomic mass is 16.5. The highest BCUT2D eigenvalue weighted by Crippen LogP contribution is 2.31. The molecule has 0 bridgehead atoms. The fraction of sp³-hybridized carbons (Fsp3) is 0.591. The summed E-state index contributed by atoms with van der Waals surface area (Å²) in [5, 5.41) is 0.993. The van der Waals surface area contributed by atoms with Crippen LogP contribution < -0.4 is 9.64 Å². The summed E-state index contributed by atoms with van der Waals surface area (Å²) in [6, 6.07) is 6.44. The second-order valence-electron chi connectivity index (χ2n) is 8.49. The van der Waals surface area contributed by atoms with E-state index in [1.165, 1.54) is 18.5 Å². The number of benzene rings is 1. The van der Waals surface area contributed by atoms with E-state index in [4.69, 9.17) is 4.74 Å². The first-order chi connectivity index (χ1) is 14.2. The van der Waals surface area contributed by atoms with Crippen molar-refractivity contribution in [1.29, 1.82) is 0 Å². The van der Waals surface area contributed by atoms with E-state index >= 15 is 0 Å². The number of likely N-dealkylation sites (tertiary alicyclic amines) is 1. The highest BCUT2D eigenvalue weighted by Gasteiger charge is 2.35. The van der Waals surface area contributed by atoms with E-state index in [0.717, 1.165) is 62.9 Å². The van der Waals surface area contributed by atoms with Gasteiger partial charge >= 0.3 is 0 Å². The molecule has 29 heavy (non-hydrogen) atoms. The summed E-state index contributed by atoms with van der Waals surface area (Å²) in [6.07, 6.45) is 7.53. The maximum absolute atomic E-state index is 12.3. The van der Waals surface area contributed by atoms with Crippen LogP contribution in [0.25, 0.3) is 10.9 Å². The van der Waals surface area contributed by atoms with Crippen LogP contribution >= 0.6 is 0 Å². The lowest BCUT2D eigenvalue weighted by Crippen LogP contribution is -2.52. The van der Waals surface area contributed by atoms with Crippen LogP contribution in [-0.2, 0) is 4.79 Å². The fourth-order valence-corrected chi connectivity index (χ4v) is 4.91. The Bertz CT molecular complexity index is 890. The quantitative estimate of drug-likeness (QED) is 0.792. The number of hydrogen-bond acceptors (Lipinski definition) is 6. The smallest absolute Gasteiger partial charge is 0.239 e. The molecule has 1 atom stereocenters. The number of carbonyl (C=O) groups excluding carboxylic acids is 1. The molecule has 2 aromatic rings. The minimum Gasteiger partial charge on any atom is -0.474 e. The summed E-state index contributed by atoms with van der Waals surface area (Å²) < 4.78 is 6.22. The maximum Gasteiger partial charge on any atom is 0.239 e. The highest BCUT2D eigenvalue weighted by molar-refractivity contribution is 5.87. The topological polar surface area (TPSA) is 61.8 Å². The molecule has 7 nitrogen and oxygen atoms in total. The zero-order chi connectivity index (χ0) is 19.8. The van der Waals surface area contributed by atoms with Gasteiger partial charge in [-0.2, -0.15) is 0 Å². The standard InChI is InChI=1S/C22H29N5O2/c1-25-9-8-20(22(25)28)27-12-10-26(11-13-27)16-6-7-19-18(14-16)21(24-15-23-19)29-17-4-2-3-5-17/h6-7,14-15,17,20H,2-5,8-13H2,1H3. The van der Waals surface area contributed by atoms with E-state index in [1.807, 2.05) is 11.9 Å². The van der Waals surface area contributed by atoms with Crippen LogP contribution in [0.1, 0.15) is 32.1 Å². The lowest BCUT2D eigenvalue weighted by molar-refractivity contribution is -0.131. The zero-order valence-corrected chi connectivity index (χ0v) is 17.1. The van der Waals surface area contributed by atoms with Crippen LogP contribution in [-0.4, -0.2) is 77.6 Å². The molecular formula is C22H29N5O2. The monoisotopic (exact) mass is 395 g/mol. The molecular weight excluding hydrogens is 366 g/mol. The molecule has 2 aliphatic heterocycles. The molecule has 1 unspecified atom stereocenters. The summed E-state index contributed by atoms with van der Waals surface area (Å²) in [6.45, 7) is 4.55. The van der Waals surface area contributed by atoms with Gasteiger partial charge < -0.3 is 14.5 Å². The molecule has 2 saturated heterocycles. The van der Waals surface area contributed by atoms with E-state index in [1.54, 1.807) is 6.33 Å². The van der Waals surface area contributed by atoms with E-state index in [0.29, 0.717) is 5.88 Å². The fourth-order valence-electron chi connectivity index (χ4n) is 4.91. The van der Waals surface area contributed by atoms with Crippen molar-refractivity contribution < 1.29 is 9.53 Å². The van der Waals surface area contributed by atoms with Gasteiger partial charge in [-0.05, 0) is 50.3 Å². The van der Waals surface area contributed by atoms with Crippen molar-refractivity contribution in [3.63, 3.8) is 0 Å². The Morgan fingerprint density at radius 2 is 1.79 bits per heavy atom. The molecule has 1 aromatic carbocycles. The summed E-state index contributed by atoms with van der Waals surface area (Å²) in [7, 11) is 1.90. The molecule has 1 saturated carbocycles. The number of hydrogen-bond donors (Lipinski definition) is 0. The third kappa shape index (κ3) is 3.64. The normalized spacial score (nSPS) is 24.0. The zero-order valence-electron chi connectivity index (χ0n) is 17.1. The van der Waals surface area contributed by atoms with Crippen molar-refractivity contribution in [2.45, 2.75) is 44.2 Å². The largest absolute Gasteiger partial charge is 0.474 e. The van der Waals surface area contributed by atoms with Crippen molar-refractivity contribution in [1.82, 2.24) is 19.8 Å². The van der Waals surface area contributed by atoms with E-state index in [-0.39, 0.29) is 18.1 Å². The summed E-state index contributed by atoms with van der Waals surface area (Å²) in [5.74, 6) is 0.983. The van der Waals surface area contributed by atoms with E-state index in [9.17, 15) is 4.79 Å². The average molecular weight is 396 g/mol. The van der Waals surface area contributed by atoms with Crippen molar-refractivity contribution in [3.05, 3.63) is 24.5 Å². The molecule has 154 valence electrons. The second kappa shape index (κ2) is 7.78. The number of likely N-dealkylation sites (N-methyl/N-ethyl adjacent to an activating group) is 1. The molecule has 1 aliphatic carbocycles. The van der Waals surface area contributed by atoms with Gasteiger partial charge in [-0.15, -0.1) is 0 Å². The van der Waals surface area contributed by atoms with Gasteiger partial charge in [0.25, 0.3) is 0 Å². The van der Waals surface area contributed by atoms with Crippen LogP contribution in [0, 0.1) is 0 Å². The summed E-state index contributed by atoms with van der Waals surface area (Å²) in [4.78, 5) is 27.8. The number of nitrogens with zero attached hydrogens (tertiary/aromatic N) is 5. The second-order valence-corrected chi connectivity index (χ2v) is 8.49. The van der Waals surface area contributed by atoms with Crippen LogP contribution in [0.5, 0.6) is 5.88 Å². The Balaban J connectivity index is 1.31. The van der Waals surface area contributed by atoms with Gasteiger partial charge in [-0.3, -0.25) is 9.69 Å². The predicted molar refractivity (Wildman–Crippen MR) is 112 cm³/mol. The average Bonchev–Trinajstić information content (AvgIpc) is 3.38. The van der Waals surface area contributed by atoms with Gasteiger partial charge in [0.15, 0.2) is 0 Å². The lowest BCUT2D eigenvalue weighted by atomic mass is 10.1. The first-order valence-electron chi connectivity index (χ1n) is 10.8. The summed E-state index contributed by atoms with van der Waals surface area (Å²) in [5.41, 5.74) is 2.10. The minimum absolute atomic E-state index is 0.0681. The van der Waals surface area contributed by atoms with Crippen LogP contribution in [0.2, 0.25) is 0 Å². The van der Waals surface area contributed by atoms with Gasteiger partial charge in [0.1, 0.15) is 12.4 Å². The van der Waals surface area contributed by atoms with Crippen molar-refractivity contribution in [2.75, 3.05) is 44.7 Å². The SMILES string of the molecule is CN1CCC(N2CCN(c3ccc4ncnc(OC5CCCC5)c4c3)CC2)C1=O. The van der Waals surface area contributed by atoms with Crippen molar-refractivity contribution in [3.8, 4) is 5.88 Å². The molecule has 3 fully saturated rings. The molecule has 7 heteroatoms. The van der Waals surface area contributed by atoms with Gasteiger partial charge in [0.05, 0.1) is 16.9 Å². The predicted octanol–water partition coefficient (Wildman–Crippen LogP) is 2.30. The number of ether oxygens (including phenoxy) is 1. The number of fused-ring (bicyclic) bond motifs is 1. The number of amides is 1. The Kier molecular flexibility index (Phi) is 4.99. The third-order valence-electron chi connectivity index (χ3n) is 6.68. The molecule has 5 rings (SSSR count). The van der Waals surface area contributed by atoms with Crippen LogP contribution in [0.3, 0.4) is 0 Å². The van der Waals surface area contributed by atoms with Crippen molar-refractivity contribution >= 4 is 22.5 Å². The van der Waals surface area contributed by atoms with E-state index in [2.05, 4.69) is 38.0 Å². The molecule has 3 aliphatic rings. The van der Waals surface area contributed by atoms with Gasteiger partial charge in [-0.1, -0.05) is 0 Å². The number of rotatable bonds is 4. The molecule has 1 aromatic heterocycles. The maximum atomic E-state index is 12.3. The van der Waals surface area contributed by atoms with Gasteiger partial charge in [-0.25, -0.2) is 9.97 Å². The molecule has 0 radical (unpaired) electrons. The summed E-state index contributed by atoms with van der Waals surface area (Å²) >= 11 is 0. The number of aromatic nitrogens is 2. The van der Waals surface area contributed by atoms with Gasteiger partial charge in [0, 0.05) is 45.5 Å². The Morgan fingerprint density at radius 3 is 2.52 bits per heavy atom. The number of carbonyl (C=O) groups is 1. The Hall–Kier alpha value is -2.41. The van der Waals surface area contributed by atoms with Crippen LogP contribution in [0.4, 0.5) is 5.69 Å². The van der Waals surface area contributed by atoms with Crippen LogP contribution in [0.15, 0.2) is 24.5 Å². The number of piperazine rings is 1. The molecule has 3 heterocycles. The Labute approximate surface area is 171 Å². The lowest BCUT2D eigenvalue weighted by Gasteiger charge is -2.38. The number of anilines is 1. The first-order valence-corrected chi connectivity index (χ1v) is 10.8. The van der Waals surface area contributed by atoms with Crippen molar-refractivity contribution in [2.24, 2.45) is 0 Å². The molecule has 0 N–H and O–H groups in total. The molecule has 0 spiro atoms. The Morgan fingerprint density at radius 1 is 1.00 bits per heavy atom. The molecule has 1 amide bonds. The van der Waals surface area contributed by atoms with Gasteiger partial charge in [0.2, 0.25) is 11.8 Å².